The van der Waals surface area contributed by atoms with Gasteiger partial charge in [0.25, 0.3) is 0 Å². The first kappa shape index (κ1) is 17.5. The fourth-order valence-corrected chi connectivity index (χ4v) is 3.69. The van der Waals surface area contributed by atoms with E-state index in [4.69, 9.17) is 4.99 Å². The van der Waals surface area contributed by atoms with Crippen LogP contribution < -0.4 is 0 Å². The van der Waals surface area contributed by atoms with Crippen LogP contribution in [-0.4, -0.2) is 11.3 Å². The van der Waals surface area contributed by atoms with Crippen LogP contribution in [0.25, 0.3) is 0 Å². The molecule has 3 aromatic carbocycles. The highest BCUT2D eigenvalue weighted by molar-refractivity contribution is 5.82. The summed E-state index contributed by atoms with van der Waals surface area (Å²) in [5, 5.41) is 10.2. The van der Waals surface area contributed by atoms with Crippen molar-refractivity contribution >= 4 is 6.21 Å². The lowest BCUT2D eigenvalue weighted by Crippen LogP contribution is -2.02. The van der Waals surface area contributed by atoms with E-state index >= 15 is 0 Å². The van der Waals surface area contributed by atoms with Gasteiger partial charge in [0.2, 0.25) is 0 Å². The Bertz CT molecular complexity index is 959. The van der Waals surface area contributed by atoms with E-state index in [2.05, 4.69) is 61.5 Å². The summed E-state index contributed by atoms with van der Waals surface area (Å²) in [7, 11) is 0. The smallest absolute Gasteiger partial charge is 0.119 e. The predicted molar refractivity (Wildman–Crippen MR) is 112 cm³/mol. The maximum absolute atomic E-state index is 10.2. The zero-order valence-corrected chi connectivity index (χ0v) is 15.7. The number of rotatable bonds is 3. The van der Waals surface area contributed by atoms with E-state index in [0.29, 0.717) is 5.75 Å². The molecular weight excluding hydrogens is 330 g/mol. The van der Waals surface area contributed by atoms with Crippen molar-refractivity contribution in [2.24, 2.45) is 4.99 Å². The molecule has 3 aromatic rings. The molecule has 0 aromatic heterocycles. The number of hydrogen-bond acceptors (Lipinski definition) is 2. The second-order valence-electron chi connectivity index (χ2n) is 7.36. The van der Waals surface area contributed by atoms with Crippen molar-refractivity contribution in [1.29, 1.82) is 0 Å². The van der Waals surface area contributed by atoms with Gasteiger partial charge in [-0.05, 0) is 78.1 Å². The van der Waals surface area contributed by atoms with E-state index in [0.717, 1.165) is 31.2 Å². The van der Waals surface area contributed by atoms with Gasteiger partial charge in [0, 0.05) is 6.21 Å². The van der Waals surface area contributed by atoms with Crippen molar-refractivity contribution in [2.75, 3.05) is 0 Å². The van der Waals surface area contributed by atoms with Crippen molar-refractivity contribution in [3.8, 4) is 5.75 Å². The molecule has 0 amide bonds. The molecular formula is C25H25NO. The fraction of sp³-hybridized carbons (Fsp3) is 0.240. The van der Waals surface area contributed by atoms with Gasteiger partial charge < -0.3 is 5.11 Å². The van der Waals surface area contributed by atoms with Crippen LogP contribution in [0.1, 0.15) is 46.3 Å². The Morgan fingerprint density at radius 1 is 0.815 bits per heavy atom. The van der Waals surface area contributed by atoms with Gasteiger partial charge in [-0.1, -0.05) is 54.6 Å². The molecule has 0 fully saturated rings. The third kappa shape index (κ3) is 4.11. The summed E-state index contributed by atoms with van der Waals surface area (Å²) < 4.78 is 0. The Morgan fingerprint density at radius 3 is 2.22 bits per heavy atom. The largest absolute Gasteiger partial charge is 0.508 e. The Balaban J connectivity index is 1.62. The minimum absolute atomic E-state index is 0.144. The zero-order valence-electron chi connectivity index (χ0n) is 15.7. The quantitative estimate of drug-likeness (QED) is 0.622. The van der Waals surface area contributed by atoms with Crippen molar-refractivity contribution in [3.05, 3.63) is 100 Å². The van der Waals surface area contributed by atoms with Crippen LogP contribution in [0.4, 0.5) is 0 Å². The number of aliphatic imine (C=N–C) groups is 1. The van der Waals surface area contributed by atoms with E-state index in [1.54, 1.807) is 0 Å². The van der Waals surface area contributed by atoms with Crippen molar-refractivity contribution < 1.29 is 5.11 Å². The lowest BCUT2D eigenvalue weighted by atomic mass is 9.93. The van der Waals surface area contributed by atoms with Gasteiger partial charge in [-0.3, -0.25) is 4.99 Å². The van der Waals surface area contributed by atoms with Crippen LogP contribution in [-0.2, 0) is 25.7 Å². The fourth-order valence-electron chi connectivity index (χ4n) is 3.69. The number of phenolic OH excluding ortho intramolecular Hbond substituents is 1. The molecule has 0 saturated heterocycles. The molecule has 0 saturated carbocycles. The van der Waals surface area contributed by atoms with Crippen LogP contribution in [0.15, 0.2) is 71.7 Å². The predicted octanol–water partition coefficient (Wildman–Crippen LogP) is 5.46. The highest BCUT2D eigenvalue weighted by atomic mass is 16.3. The number of phenols is 1. The SMILES string of the molecule is C[C@H](N=Cc1cc2ccc1CCc1ccc(c(O)c1)CC2)c1ccccc1. The van der Waals surface area contributed by atoms with Gasteiger partial charge in [-0.25, -0.2) is 0 Å². The summed E-state index contributed by atoms with van der Waals surface area (Å²) in [6.07, 6.45) is 5.68. The van der Waals surface area contributed by atoms with Gasteiger partial charge in [-0.2, -0.15) is 0 Å². The molecule has 0 radical (unpaired) electrons. The molecule has 0 spiro atoms. The first-order valence-corrected chi connectivity index (χ1v) is 9.70. The Kier molecular flexibility index (Phi) is 5.06. The highest BCUT2D eigenvalue weighted by Crippen LogP contribution is 2.25. The molecule has 2 heteroatoms. The second kappa shape index (κ2) is 7.79. The standard InChI is InChI=1S/C25H25NO/c1-18(21-5-3-2-4-6-21)26-17-24-15-19-7-11-22(24)12-8-20-10-14-23(13-9-19)25(27)16-20/h2-7,10-11,14-18,27H,8-9,12-13H2,1H3/t18-/m0/s1. The van der Waals surface area contributed by atoms with Crippen LogP contribution >= 0.6 is 0 Å². The van der Waals surface area contributed by atoms with Crippen molar-refractivity contribution in [1.82, 2.24) is 0 Å². The first-order chi connectivity index (χ1) is 13.2. The van der Waals surface area contributed by atoms with Gasteiger partial charge in [-0.15, -0.1) is 0 Å². The van der Waals surface area contributed by atoms with Crippen LogP contribution in [0.3, 0.4) is 0 Å². The second-order valence-corrected chi connectivity index (χ2v) is 7.36. The van der Waals surface area contributed by atoms with Crippen molar-refractivity contribution in [3.63, 3.8) is 0 Å². The Hall–Kier alpha value is -2.87. The lowest BCUT2D eigenvalue weighted by molar-refractivity contribution is 0.467. The average molecular weight is 355 g/mol. The van der Waals surface area contributed by atoms with E-state index in [9.17, 15) is 5.11 Å². The van der Waals surface area contributed by atoms with Gasteiger partial charge in [0.1, 0.15) is 5.75 Å². The highest BCUT2D eigenvalue weighted by Gasteiger charge is 2.10. The first-order valence-electron chi connectivity index (χ1n) is 9.70. The third-order valence-electron chi connectivity index (χ3n) is 5.45. The average Bonchev–Trinajstić information content (AvgIpc) is 2.69. The molecule has 1 N–H and O–H groups in total. The van der Waals surface area contributed by atoms with Crippen LogP contribution in [0.2, 0.25) is 0 Å². The number of nitrogens with zero attached hydrogens (tertiary/aromatic N) is 1. The van der Waals surface area contributed by atoms with E-state index < -0.39 is 0 Å². The van der Waals surface area contributed by atoms with Crippen LogP contribution in [0, 0.1) is 0 Å². The molecule has 7 rings (SSSR count). The van der Waals surface area contributed by atoms with E-state index in [-0.39, 0.29) is 6.04 Å². The molecule has 4 aliphatic rings. The molecule has 4 aliphatic carbocycles. The van der Waals surface area contributed by atoms with Gasteiger partial charge in [0.15, 0.2) is 0 Å². The molecule has 2 nitrogen and oxygen atoms in total. The maximum atomic E-state index is 10.2. The molecule has 136 valence electrons. The third-order valence-corrected chi connectivity index (χ3v) is 5.45. The molecule has 4 bridgehead atoms. The topological polar surface area (TPSA) is 32.6 Å². The molecule has 1 atom stereocenters. The molecule has 0 heterocycles. The van der Waals surface area contributed by atoms with E-state index in [1.807, 2.05) is 18.3 Å². The van der Waals surface area contributed by atoms with Gasteiger partial charge in [0.05, 0.1) is 6.04 Å². The molecule has 0 aliphatic heterocycles. The number of benzene rings is 3. The Morgan fingerprint density at radius 2 is 1.48 bits per heavy atom. The maximum Gasteiger partial charge on any atom is 0.119 e. The summed E-state index contributed by atoms with van der Waals surface area (Å²) in [5.74, 6) is 0.431. The summed E-state index contributed by atoms with van der Waals surface area (Å²) in [6, 6.07) is 23.4. The number of hydrogen-bond donors (Lipinski definition) is 1. The Labute approximate surface area is 161 Å². The minimum Gasteiger partial charge on any atom is -0.508 e. The monoisotopic (exact) mass is 355 g/mol. The van der Waals surface area contributed by atoms with E-state index in [1.165, 1.54) is 27.8 Å². The minimum atomic E-state index is 0.144. The summed E-state index contributed by atoms with van der Waals surface area (Å²) in [5.41, 5.74) is 7.26. The van der Waals surface area contributed by atoms with Crippen LogP contribution in [0.5, 0.6) is 5.75 Å². The van der Waals surface area contributed by atoms with Gasteiger partial charge >= 0.3 is 0 Å². The molecule has 27 heavy (non-hydrogen) atoms. The summed E-state index contributed by atoms with van der Waals surface area (Å²) in [4.78, 5) is 4.83. The zero-order chi connectivity index (χ0) is 18.6. The summed E-state index contributed by atoms with van der Waals surface area (Å²) >= 11 is 0. The number of aryl methyl sites for hydroxylation is 4. The number of aromatic hydroxyl groups is 1. The molecule has 0 unspecified atom stereocenters. The normalized spacial score (nSPS) is 14.9. The lowest BCUT2D eigenvalue weighted by Gasteiger charge is -2.14. The van der Waals surface area contributed by atoms with Crippen molar-refractivity contribution in [2.45, 2.75) is 38.6 Å². The summed E-state index contributed by atoms with van der Waals surface area (Å²) in [6.45, 7) is 2.14.